The van der Waals surface area contributed by atoms with E-state index >= 15 is 0 Å². The molecule has 0 spiro atoms. The van der Waals surface area contributed by atoms with Gasteiger partial charge < -0.3 is 19.9 Å². The Labute approximate surface area is 111 Å². The molecular formula is C13H19N3O3. The Morgan fingerprint density at radius 2 is 2.42 bits per heavy atom. The summed E-state index contributed by atoms with van der Waals surface area (Å²) in [6.45, 7) is 1.87. The highest BCUT2D eigenvalue weighted by Gasteiger charge is 2.43. The summed E-state index contributed by atoms with van der Waals surface area (Å²) in [6.07, 6.45) is 2.21. The fraction of sp³-hybridized carbons (Fsp3) is 0.692. The van der Waals surface area contributed by atoms with E-state index in [0.29, 0.717) is 29.9 Å². The molecule has 3 atom stereocenters. The van der Waals surface area contributed by atoms with Gasteiger partial charge in [0.25, 0.3) is 5.91 Å². The van der Waals surface area contributed by atoms with E-state index in [-0.39, 0.29) is 11.9 Å². The first-order valence-corrected chi connectivity index (χ1v) is 6.68. The number of likely N-dealkylation sites (tertiary alicyclic amines) is 1. The third kappa shape index (κ3) is 2.26. The molecule has 6 nitrogen and oxygen atoms in total. The SMILES string of the molecule is COCc1cc(C(=O)N2CC3CCC(N)C3C2)no1. The number of carbonyl (C=O) groups excluding carboxylic acids is 1. The van der Waals surface area contributed by atoms with E-state index in [9.17, 15) is 4.79 Å². The lowest BCUT2D eigenvalue weighted by molar-refractivity contribution is 0.0768. The van der Waals surface area contributed by atoms with Crippen LogP contribution in [0.25, 0.3) is 0 Å². The highest BCUT2D eigenvalue weighted by Crippen LogP contribution is 2.37. The van der Waals surface area contributed by atoms with Gasteiger partial charge in [-0.25, -0.2) is 0 Å². The first-order valence-electron chi connectivity index (χ1n) is 6.68. The number of hydrogen-bond donors (Lipinski definition) is 1. The zero-order chi connectivity index (χ0) is 13.4. The number of fused-ring (bicyclic) bond motifs is 1. The van der Waals surface area contributed by atoms with Crippen molar-refractivity contribution in [1.82, 2.24) is 10.1 Å². The van der Waals surface area contributed by atoms with Crippen molar-refractivity contribution >= 4 is 5.91 Å². The smallest absolute Gasteiger partial charge is 0.276 e. The van der Waals surface area contributed by atoms with E-state index in [0.717, 1.165) is 25.9 Å². The van der Waals surface area contributed by atoms with Gasteiger partial charge in [0.1, 0.15) is 6.61 Å². The largest absolute Gasteiger partial charge is 0.377 e. The minimum atomic E-state index is -0.0623. The second-order valence-corrected chi connectivity index (χ2v) is 5.49. The minimum absolute atomic E-state index is 0.0623. The average molecular weight is 265 g/mol. The van der Waals surface area contributed by atoms with Gasteiger partial charge >= 0.3 is 0 Å². The Hall–Kier alpha value is -1.40. The first-order chi connectivity index (χ1) is 9.19. The lowest BCUT2D eigenvalue weighted by Crippen LogP contribution is -2.33. The molecule has 1 aromatic heterocycles. The highest BCUT2D eigenvalue weighted by atomic mass is 16.5. The number of nitrogens with two attached hydrogens (primary N) is 1. The van der Waals surface area contributed by atoms with Crippen LogP contribution in [0.4, 0.5) is 0 Å². The molecule has 3 unspecified atom stereocenters. The van der Waals surface area contributed by atoms with Gasteiger partial charge in [-0.1, -0.05) is 5.16 Å². The number of hydrogen-bond acceptors (Lipinski definition) is 5. The van der Waals surface area contributed by atoms with Crippen molar-refractivity contribution in [2.75, 3.05) is 20.2 Å². The molecule has 1 saturated carbocycles. The van der Waals surface area contributed by atoms with E-state index in [1.807, 2.05) is 4.90 Å². The molecule has 2 N–H and O–H groups in total. The standard InChI is InChI=1S/C13H19N3O3/c1-18-7-9-4-12(15-19-9)13(17)16-5-8-2-3-11(14)10(8)6-16/h4,8,10-11H,2-3,5-7,14H2,1H3. The van der Waals surface area contributed by atoms with Crippen LogP contribution in [0.3, 0.4) is 0 Å². The van der Waals surface area contributed by atoms with Crippen molar-refractivity contribution in [2.24, 2.45) is 17.6 Å². The molecule has 104 valence electrons. The molecule has 1 aromatic rings. The number of methoxy groups -OCH3 is 1. The lowest BCUT2D eigenvalue weighted by atomic mass is 9.98. The monoisotopic (exact) mass is 265 g/mol. The Morgan fingerprint density at radius 3 is 3.16 bits per heavy atom. The van der Waals surface area contributed by atoms with Crippen LogP contribution in [0.1, 0.15) is 29.1 Å². The van der Waals surface area contributed by atoms with Crippen LogP contribution >= 0.6 is 0 Å². The highest BCUT2D eigenvalue weighted by molar-refractivity contribution is 5.92. The molecule has 2 fully saturated rings. The van der Waals surface area contributed by atoms with Gasteiger partial charge in [0.15, 0.2) is 11.5 Å². The molecule has 2 heterocycles. The maximum absolute atomic E-state index is 12.3. The van der Waals surface area contributed by atoms with Gasteiger partial charge in [0.05, 0.1) is 0 Å². The molecule has 6 heteroatoms. The van der Waals surface area contributed by atoms with Crippen LogP contribution in [0.15, 0.2) is 10.6 Å². The fourth-order valence-electron chi connectivity index (χ4n) is 3.26. The van der Waals surface area contributed by atoms with Crippen LogP contribution in [0, 0.1) is 11.8 Å². The quantitative estimate of drug-likeness (QED) is 0.867. The van der Waals surface area contributed by atoms with E-state index in [1.165, 1.54) is 0 Å². The van der Waals surface area contributed by atoms with Gasteiger partial charge in [-0.3, -0.25) is 4.79 Å². The molecule has 0 bridgehead atoms. The Kier molecular flexibility index (Phi) is 3.28. The third-order valence-corrected chi connectivity index (χ3v) is 4.26. The predicted octanol–water partition coefficient (Wildman–Crippen LogP) is 0.630. The molecule has 1 aliphatic heterocycles. The summed E-state index contributed by atoms with van der Waals surface area (Å²) in [5.41, 5.74) is 6.44. The van der Waals surface area contributed by atoms with Crippen LogP contribution < -0.4 is 5.73 Å². The van der Waals surface area contributed by atoms with Gasteiger partial charge in [-0.05, 0) is 24.7 Å². The maximum atomic E-state index is 12.3. The molecule has 3 rings (SSSR count). The van der Waals surface area contributed by atoms with E-state index in [2.05, 4.69) is 5.16 Å². The average Bonchev–Trinajstić information content (AvgIpc) is 3.07. The van der Waals surface area contributed by atoms with E-state index < -0.39 is 0 Å². The van der Waals surface area contributed by atoms with E-state index in [4.69, 9.17) is 15.0 Å². The number of ether oxygens (including phenoxy) is 1. The van der Waals surface area contributed by atoms with Gasteiger partial charge in [-0.15, -0.1) is 0 Å². The Morgan fingerprint density at radius 1 is 1.58 bits per heavy atom. The molecule has 2 aliphatic rings. The summed E-state index contributed by atoms with van der Waals surface area (Å²) in [6, 6.07) is 1.89. The van der Waals surface area contributed by atoms with Crippen LogP contribution in [0.5, 0.6) is 0 Å². The summed E-state index contributed by atoms with van der Waals surface area (Å²) in [5, 5.41) is 3.81. The fourth-order valence-corrected chi connectivity index (χ4v) is 3.26. The summed E-state index contributed by atoms with van der Waals surface area (Å²) < 4.78 is 10.00. The van der Waals surface area contributed by atoms with Crippen molar-refractivity contribution < 1.29 is 14.1 Å². The van der Waals surface area contributed by atoms with Crippen molar-refractivity contribution in [3.63, 3.8) is 0 Å². The van der Waals surface area contributed by atoms with Gasteiger partial charge in [0, 0.05) is 32.3 Å². The zero-order valence-electron chi connectivity index (χ0n) is 11.0. The maximum Gasteiger partial charge on any atom is 0.276 e. The van der Waals surface area contributed by atoms with Crippen LogP contribution in [-0.2, 0) is 11.3 Å². The molecule has 19 heavy (non-hydrogen) atoms. The van der Waals surface area contributed by atoms with Crippen molar-refractivity contribution in [3.05, 3.63) is 17.5 Å². The second-order valence-electron chi connectivity index (χ2n) is 5.49. The van der Waals surface area contributed by atoms with Gasteiger partial charge in [-0.2, -0.15) is 0 Å². The van der Waals surface area contributed by atoms with E-state index in [1.54, 1.807) is 13.2 Å². The number of nitrogens with zero attached hydrogens (tertiary/aromatic N) is 2. The second kappa shape index (κ2) is 4.94. The number of aromatic nitrogens is 1. The van der Waals surface area contributed by atoms with Crippen molar-refractivity contribution in [1.29, 1.82) is 0 Å². The molecule has 0 radical (unpaired) electrons. The van der Waals surface area contributed by atoms with Crippen LogP contribution in [-0.4, -0.2) is 42.2 Å². The molecule has 1 saturated heterocycles. The summed E-state index contributed by atoms with van der Waals surface area (Å²) in [5.74, 6) is 1.52. The molecule has 1 aliphatic carbocycles. The summed E-state index contributed by atoms with van der Waals surface area (Å²) in [7, 11) is 1.58. The molecule has 0 aromatic carbocycles. The normalized spacial score (nSPS) is 29.8. The van der Waals surface area contributed by atoms with Crippen LogP contribution in [0.2, 0.25) is 0 Å². The first kappa shape index (κ1) is 12.6. The number of amides is 1. The third-order valence-electron chi connectivity index (χ3n) is 4.26. The molecular weight excluding hydrogens is 246 g/mol. The Bertz CT molecular complexity index is 473. The van der Waals surface area contributed by atoms with Crippen molar-refractivity contribution in [3.8, 4) is 0 Å². The topological polar surface area (TPSA) is 81.6 Å². The number of rotatable bonds is 3. The van der Waals surface area contributed by atoms with Crippen molar-refractivity contribution in [2.45, 2.75) is 25.5 Å². The van der Waals surface area contributed by atoms with Gasteiger partial charge in [0.2, 0.25) is 0 Å². The minimum Gasteiger partial charge on any atom is -0.377 e. The summed E-state index contributed by atoms with van der Waals surface area (Å²) in [4.78, 5) is 14.2. The lowest BCUT2D eigenvalue weighted by Gasteiger charge is -2.17. The Balaban J connectivity index is 1.67. The number of carbonyl (C=O) groups is 1. The molecule has 1 amide bonds. The summed E-state index contributed by atoms with van der Waals surface area (Å²) >= 11 is 0. The zero-order valence-corrected chi connectivity index (χ0v) is 11.0. The predicted molar refractivity (Wildman–Crippen MR) is 67.3 cm³/mol.